The topological polar surface area (TPSA) is 123 Å². The van der Waals surface area contributed by atoms with E-state index in [-0.39, 0.29) is 23.7 Å². The van der Waals surface area contributed by atoms with Gasteiger partial charge in [-0.2, -0.15) is 0 Å². The quantitative estimate of drug-likeness (QED) is 0.635. The maximum Gasteiger partial charge on any atom is 0.316 e. The van der Waals surface area contributed by atoms with E-state index in [1.54, 1.807) is 35.8 Å². The number of hydrogen-bond donors (Lipinski definition) is 1. The number of ether oxygens (including phenoxy) is 1. The number of imide groups is 1. The molecular formula is C17H21N5O5S. The molecule has 1 aliphatic rings. The van der Waals surface area contributed by atoms with Crippen LogP contribution in [0.3, 0.4) is 0 Å². The van der Waals surface area contributed by atoms with E-state index in [2.05, 4.69) is 14.9 Å². The highest BCUT2D eigenvalue weighted by Gasteiger charge is 2.35. The number of benzene rings is 1. The van der Waals surface area contributed by atoms with Crippen LogP contribution < -0.4 is 9.46 Å². The normalized spacial score (nSPS) is 15.0. The minimum absolute atomic E-state index is 0.238. The number of carbonyl (C=O) groups is 2. The van der Waals surface area contributed by atoms with Gasteiger partial charge in [0, 0.05) is 13.1 Å². The standard InChI is InChI=1S/C17H21N5O5S/c1-4-21-14(18-19-17(21)27-3)11(2)20-28(25,26)10-9-22-15(23)12-7-5-6-8-13(12)16(22)24/h5-8,11,20H,4,9-10H2,1-3H3/t11-/m1/s1. The number of hydrogen-bond acceptors (Lipinski definition) is 7. The summed E-state index contributed by atoms with van der Waals surface area (Å²) in [4.78, 5) is 25.6. The van der Waals surface area contributed by atoms with Crippen molar-refractivity contribution in [2.24, 2.45) is 0 Å². The largest absolute Gasteiger partial charge is 0.467 e. The second kappa shape index (κ2) is 7.68. The third-order valence-electron chi connectivity index (χ3n) is 4.45. The van der Waals surface area contributed by atoms with E-state index < -0.39 is 33.6 Å². The van der Waals surface area contributed by atoms with Crippen molar-refractivity contribution in [1.29, 1.82) is 0 Å². The molecule has 0 saturated carbocycles. The Balaban J connectivity index is 1.68. The van der Waals surface area contributed by atoms with Crippen LogP contribution in [-0.2, 0) is 16.6 Å². The first-order chi connectivity index (χ1) is 13.3. The van der Waals surface area contributed by atoms with Crippen molar-refractivity contribution in [3.8, 4) is 6.01 Å². The highest BCUT2D eigenvalue weighted by Crippen LogP contribution is 2.22. The molecule has 2 heterocycles. The fourth-order valence-electron chi connectivity index (χ4n) is 3.10. The van der Waals surface area contributed by atoms with Gasteiger partial charge in [-0.3, -0.25) is 19.1 Å². The molecule has 0 aliphatic carbocycles. The molecule has 150 valence electrons. The van der Waals surface area contributed by atoms with E-state index in [0.29, 0.717) is 12.4 Å². The third-order valence-corrected chi connectivity index (χ3v) is 5.88. The Morgan fingerprint density at radius 2 is 1.75 bits per heavy atom. The summed E-state index contributed by atoms with van der Waals surface area (Å²) >= 11 is 0. The molecule has 28 heavy (non-hydrogen) atoms. The lowest BCUT2D eigenvalue weighted by Crippen LogP contribution is -2.38. The van der Waals surface area contributed by atoms with Gasteiger partial charge in [0.2, 0.25) is 10.0 Å². The second-order valence-corrected chi connectivity index (χ2v) is 8.13. The molecule has 0 unspecified atom stereocenters. The molecule has 1 aliphatic heterocycles. The monoisotopic (exact) mass is 407 g/mol. The van der Waals surface area contributed by atoms with Crippen LogP contribution in [0.5, 0.6) is 6.01 Å². The summed E-state index contributed by atoms with van der Waals surface area (Å²) < 4.78 is 34.2. The minimum atomic E-state index is -3.79. The molecule has 0 saturated heterocycles. The van der Waals surface area contributed by atoms with Crippen molar-refractivity contribution in [2.45, 2.75) is 26.4 Å². The SMILES string of the molecule is CCn1c(OC)nnc1[C@@H](C)NS(=O)(=O)CCN1C(=O)c2ccccc2C1=O. The molecular weight excluding hydrogens is 386 g/mol. The number of rotatable bonds is 8. The smallest absolute Gasteiger partial charge is 0.316 e. The summed E-state index contributed by atoms with van der Waals surface area (Å²) in [5.41, 5.74) is 0.573. The van der Waals surface area contributed by atoms with Gasteiger partial charge >= 0.3 is 6.01 Å². The molecule has 10 nitrogen and oxygen atoms in total. The molecule has 0 radical (unpaired) electrons. The molecule has 1 N–H and O–H groups in total. The number of carbonyl (C=O) groups excluding carboxylic acids is 2. The third kappa shape index (κ3) is 3.62. The van der Waals surface area contributed by atoms with E-state index in [0.717, 1.165) is 4.90 Å². The van der Waals surface area contributed by atoms with Crippen molar-refractivity contribution in [1.82, 2.24) is 24.4 Å². The Kier molecular flexibility index (Phi) is 5.47. The summed E-state index contributed by atoms with van der Waals surface area (Å²) in [7, 11) is -2.34. The zero-order valence-electron chi connectivity index (χ0n) is 15.7. The fourth-order valence-corrected chi connectivity index (χ4v) is 4.29. The van der Waals surface area contributed by atoms with Crippen LogP contribution in [0, 0.1) is 0 Å². The number of methoxy groups -OCH3 is 1. The van der Waals surface area contributed by atoms with Crippen molar-refractivity contribution in [2.75, 3.05) is 19.4 Å². The Bertz CT molecular complexity index is 982. The number of fused-ring (bicyclic) bond motifs is 1. The molecule has 11 heteroatoms. The number of amides is 2. The summed E-state index contributed by atoms with van der Waals surface area (Å²) in [6.07, 6.45) is 0. The van der Waals surface area contributed by atoms with Crippen LogP contribution in [0.1, 0.15) is 46.4 Å². The van der Waals surface area contributed by atoms with E-state index >= 15 is 0 Å². The lowest BCUT2D eigenvalue weighted by Gasteiger charge is -2.17. The first kappa shape index (κ1) is 20.0. The Hall–Kier alpha value is -2.79. The van der Waals surface area contributed by atoms with Gasteiger partial charge in [-0.25, -0.2) is 13.1 Å². The molecule has 2 amide bonds. The number of sulfonamides is 1. The molecule has 0 spiro atoms. The van der Waals surface area contributed by atoms with Crippen LogP contribution in [0.4, 0.5) is 0 Å². The highest BCUT2D eigenvalue weighted by molar-refractivity contribution is 7.89. The zero-order chi connectivity index (χ0) is 20.5. The predicted octanol–water partition coefficient (Wildman–Crippen LogP) is 0.583. The average Bonchev–Trinajstić information content (AvgIpc) is 3.19. The van der Waals surface area contributed by atoms with Crippen LogP contribution >= 0.6 is 0 Å². The Morgan fingerprint density at radius 1 is 1.14 bits per heavy atom. The van der Waals surface area contributed by atoms with Crippen molar-refractivity contribution >= 4 is 21.8 Å². The maximum absolute atomic E-state index is 12.5. The lowest BCUT2D eigenvalue weighted by atomic mass is 10.1. The van der Waals surface area contributed by atoms with Gasteiger partial charge < -0.3 is 4.74 Å². The van der Waals surface area contributed by atoms with Crippen LogP contribution in [0.2, 0.25) is 0 Å². The second-order valence-electron chi connectivity index (χ2n) is 6.26. The molecule has 3 rings (SSSR count). The summed E-state index contributed by atoms with van der Waals surface area (Å²) in [6, 6.07) is 6.04. The lowest BCUT2D eigenvalue weighted by molar-refractivity contribution is 0.0664. The van der Waals surface area contributed by atoms with Gasteiger partial charge in [-0.05, 0) is 26.0 Å². The van der Waals surface area contributed by atoms with Crippen LogP contribution in [0.15, 0.2) is 24.3 Å². The zero-order valence-corrected chi connectivity index (χ0v) is 16.6. The van der Waals surface area contributed by atoms with Crippen LogP contribution in [0.25, 0.3) is 0 Å². The van der Waals surface area contributed by atoms with E-state index in [1.165, 1.54) is 7.11 Å². The first-order valence-corrected chi connectivity index (χ1v) is 10.4. The van der Waals surface area contributed by atoms with Gasteiger partial charge in [0.1, 0.15) is 0 Å². The van der Waals surface area contributed by atoms with Crippen molar-refractivity contribution in [3.63, 3.8) is 0 Å². The number of nitrogens with zero attached hydrogens (tertiary/aromatic N) is 4. The van der Waals surface area contributed by atoms with Gasteiger partial charge in [0.15, 0.2) is 5.82 Å². The molecule has 1 atom stereocenters. The average molecular weight is 407 g/mol. The molecule has 0 bridgehead atoms. The Morgan fingerprint density at radius 3 is 2.29 bits per heavy atom. The van der Waals surface area contributed by atoms with E-state index in [9.17, 15) is 18.0 Å². The predicted molar refractivity (Wildman–Crippen MR) is 99.4 cm³/mol. The fraction of sp³-hybridized carbons (Fsp3) is 0.412. The van der Waals surface area contributed by atoms with Gasteiger partial charge in [0.05, 0.1) is 30.0 Å². The van der Waals surface area contributed by atoms with E-state index in [4.69, 9.17) is 4.74 Å². The Labute approximate surface area is 162 Å². The molecule has 0 fully saturated rings. The summed E-state index contributed by atoms with van der Waals surface area (Å²) in [5, 5.41) is 7.84. The first-order valence-electron chi connectivity index (χ1n) is 8.71. The highest BCUT2D eigenvalue weighted by atomic mass is 32.2. The van der Waals surface area contributed by atoms with Crippen LogP contribution in [-0.4, -0.2) is 59.3 Å². The number of nitrogens with one attached hydrogen (secondary N) is 1. The van der Waals surface area contributed by atoms with Gasteiger partial charge in [0.25, 0.3) is 11.8 Å². The molecule has 2 aromatic rings. The number of aromatic nitrogens is 3. The maximum atomic E-state index is 12.5. The summed E-state index contributed by atoms with van der Waals surface area (Å²) in [6.45, 7) is 3.76. The van der Waals surface area contributed by atoms with E-state index in [1.807, 2.05) is 6.92 Å². The summed E-state index contributed by atoms with van der Waals surface area (Å²) in [5.74, 6) is -0.984. The van der Waals surface area contributed by atoms with Gasteiger partial charge in [-0.15, -0.1) is 5.10 Å². The molecule has 1 aromatic heterocycles. The van der Waals surface area contributed by atoms with Crippen molar-refractivity contribution < 1.29 is 22.7 Å². The molecule has 1 aromatic carbocycles. The van der Waals surface area contributed by atoms with Gasteiger partial charge in [-0.1, -0.05) is 17.2 Å². The van der Waals surface area contributed by atoms with Crippen molar-refractivity contribution in [3.05, 3.63) is 41.2 Å². The minimum Gasteiger partial charge on any atom is -0.467 e.